The van der Waals surface area contributed by atoms with E-state index < -0.39 is 5.97 Å². The number of aromatic nitrogens is 4. The fraction of sp³-hybridized carbons (Fsp3) is 0.235. The summed E-state index contributed by atoms with van der Waals surface area (Å²) in [7, 11) is 2.90. The number of rotatable bonds is 5. The predicted octanol–water partition coefficient (Wildman–Crippen LogP) is 1.99. The number of nitrogens with one attached hydrogen (secondary N) is 1. The molecule has 0 spiro atoms. The van der Waals surface area contributed by atoms with Crippen LogP contribution >= 0.6 is 0 Å². The minimum absolute atomic E-state index is 0.00378. The highest BCUT2D eigenvalue weighted by Gasteiger charge is 2.13. The average molecular weight is 339 g/mol. The first kappa shape index (κ1) is 16.6. The topological polar surface area (TPSA) is 99.1 Å². The fourth-order valence-corrected chi connectivity index (χ4v) is 2.33. The number of fused-ring (bicyclic) bond motifs is 1. The Morgan fingerprint density at radius 2 is 1.88 bits per heavy atom. The number of hydrogen-bond acceptors (Lipinski definition) is 8. The molecule has 0 aliphatic carbocycles. The molecule has 3 aromatic rings. The Labute approximate surface area is 144 Å². The van der Waals surface area contributed by atoms with Gasteiger partial charge in [-0.15, -0.1) is 0 Å². The predicted molar refractivity (Wildman–Crippen MR) is 92.4 cm³/mol. The van der Waals surface area contributed by atoms with Crippen LogP contribution in [0.5, 0.6) is 5.75 Å². The number of benzene rings is 1. The molecule has 0 aliphatic rings. The number of esters is 1. The maximum Gasteiger partial charge on any atom is 0.325 e. The molecule has 0 fully saturated rings. The van der Waals surface area contributed by atoms with Crippen LogP contribution in [0.2, 0.25) is 0 Å². The van der Waals surface area contributed by atoms with E-state index in [1.165, 1.54) is 13.4 Å². The second-order valence-corrected chi connectivity index (χ2v) is 5.31. The van der Waals surface area contributed by atoms with Gasteiger partial charge in [-0.2, -0.15) is 0 Å². The smallest absolute Gasteiger partial charge is 0.325 e. The second-order valence-electron chi connectivity index (χ2n) is 5.31. The molecule has 8 nitrogen and oxygen atoms in total. The summed E-state index contributed by atoms with van der Waals surface area (Å²) in [6.07, 6.45) is 4.90. The minimum atomic E-state index is -0.392. The number of carbonyl (C=O) groups excluding carboxylic acids is 1. The Hall–Kier alpha value is -3.29. The van der Waals surface area contributed by atoms with Crippen molar-refractivity contribution < 1.29 is 14.3 Å². The van der Waals surface area contributed by atoms with Crippen LogP contribution in [0.3, 0.4) is 0 Å². The van der Waals surface area contributed by atoms with Crippen LogP contribution in [-0.2, 0) is 9.53 Å². The van der Waals surface area contributed by atoms with Gasteiger partial charge in [0.15, 0.2) is 5.82 Å². The number of ether oxygens (including phenoxy) is 2. The molecular weight excluding hydrogens is 322 g/mol. The summed E-state index contributed by atoms with van der Waals surface area (Å²) in [5, 5.41) is 3.65. The zero-order valence-corrected chi connectivity index (χ0v) is 14.1. The van der Waals surface area contributed by atoms with Gasteiger partial charge in [0.05, 0.1) is 14.2 Å². The lowest BCUT2D eigenvalue weighted by Crippen LogP contribution is -2.16. The van der Waals surface area contributed by atoms with Gasteiger partial charge in [0.25, 0.3) is 0 Å². The van der Waals surface area contributed by atoms with E-state index in [1.54, 1.807) is 19.5 Å². The maximum absolute atomic E-state index is 11.4. The monoisotopic (exact) mass is 339 g/mol. The van der Waals surface area contributed by atoms with Gasteiger partial charge in [-0.05, 0) is 24.6 Å². The van der Waals surface area contributed by atoms with Gasteiger partial charge < -0.3 is 14.8 Å². The lowest BCUT2D eigenvalue weighted by molar-refractivity contribution is -0.138. The molecule has 0 aliphatic heterocycles. The first-order valence-corrected chi connectivity index (χ1v) is 7.55. The van der Waals surface area contributed by atoms with Crippen LogP contribution in [0.15, 0.2) is 30.9 Å². The molecule has 2 aromatic heterocycles. The third kappa shape index (κ3) is 3.47. The highest BCUT2D eigenvalue weighted by Crippen LogP contribution is 2.32. The molecule has 0 bridgehead atoms. The van der Waals surface area contributed by atoms with Crippen molar-refractivity contribution in [1.82, 2.24) is 19.9 Å². The van der Waals surface area contributed by atoms with Crippen LogP contribution in [-0.4, -0.2) is 46.7 Å². The largest absolute Gasteiger partial charge is 0.494 e. The normalized spacial score (nSPS) is 10.5. The number of methoxy groups -OCH3 is 2. The van der Waals surface area contributed by atoms with Gasteiger partial charge in [-0.1, -0.05) is 0 Å². The summed E-state index contributed by atoms with van der Waals surface area (Å²) in [5.74, 6) is 1.24. The number of aryl methyl sites for hydroxylation is 1. The third-order valence-electron chi connectivity index (χ3n) is 3.59. The van der Waals surface area contributed by atoms with Crippen molar-refractivity contribution in [2.24, 2.45) is 0 Å². The quantitative estimate of drug-likeness (QED) is 0.705. The summed E-state index contributed by atoms with van der Waals surface area (Å²) in [4.78, 5) is 28.6. The molecule has 0 amide bonds. The Morgan fingerprint density at radius 1 is 1.12 bits per heavy atom. The first-order chi connectivity index (χ1) is 12.1. The van der Waals surface area contributed by atoms with E-state index in [0.29, 0.717) is 28.3 Å². The van der Waals surface area contributed by atoms with E-state index in [9.17, 15) is 4.79 Å². The van der Waals surface area contributed by atoms with E-state index in [1.807, 2.05) is 19.1 Å². The van der Waals surface area contributed by atoms with Gasteiger partial charge in [0, 0.05) is 23.3 Å². The average Bonchev–Trinajstić information content (AvgIpc) is 2.65. The SMILES string of the molecule is COC(=O)CNc1ncnc2c(OC)cc(-c3ncc(C)cn3)cc12. The molecule has 3 rings (SSSR count). The fourth-order valence-electron chi connectivity index (χ4n) is 2.33. The van der Waals surface area contributed by atoms with E-state index in [-0.39, 0.29) is 6.54 Å². The zero-order valence-electron chi connectivity index (χ0n) is 14.1. The molecule has 0 radical (unpaired) electrons. The molecule has 1 N–H and O–H groups in total. The first-order valence-electron chi connectivity index (χ1n) is 7.55. The summed E-state index contributed by atoms with van der Waals surface area (Å²) < 4.78 is 10.1. The van der Waals surface area contributed by atoms with Gasteiger partial charge in [-0.25, -0.2) is 19.9 Å². The Kier molecular flexibility index (Phi) is 4.69. The summed E-state index contributed by atoms with van der Waals surface area (Å²) in [6, 6.07) is 3.69. The van der Waals surface area contributed by atoms with Crippen LogP contribution in [0.4, 0.5) is 5.82 Å². The molecule has 25 heavy (non-hydrogen) atoms. The Morgan fingerprint density at radius 3 is 2.56 bits per heavy atom. The van der Waals surface area contributed by atoms with E-state index in [2.05, 4.69) is 30.0 Å². The number of nitrogens with zero attached hydrogens (tertiary/aromatic N) is 4. The third-order valence-corrected chi connectivity index (χ3v) is 3.59. The van der Waals surface area contributed by atoms with Gasteiger partial charge in [0.2, 0.25) is 0 Å². The molecule has 0 saturated heterocycles. The number of carbonyl (C=O) groups is 1. The molecule has 2 heterocycles. The van der Waals surface area contributed by atoms with E-state index in [0.717, 1.165) is 11.1 Å². The minimum Gasteiger partial charge on any atom is -0.494 e. The van der Waals surface area contributed by atoms with Crippen LogP contribution in [0.25, 0.3) is 22.3 Å². The van der Waals surface area contributed by atoms with E-state index in [4.69, 9.17) is 4.74 Å². The highest BCUT2D eigenvalue weighted by molar-refractivity contribution is 5.96. The Balaban J connectivity index is 2.11. The molecular formula is C17H17N5O3. The lowest BCUT2D eigenvalue weighted by Gasteiger charge is -2.11. The molecule has 0 saturated carbocycles. The van der Waals surface area contributed by atoms with Crippen LogP contribution < -0.4 is 10.1 Å². The van der Waals surface area contributed by atoms with Gasteiger partial charge in [-0.3, -0.25) is 4.79 Å². The molecule has 0 unspecified atom stereocenters. The molecule has 0 atom stereocenters. The summed E-state index contributed by atoms with van der Waals surface area (Å²) in [6.45, 7) is 1.92. The zero-order chi connectivity index (χ0) is 17.8. The van der Waals surface area contributed by atoms with Crippen LogP contribution in [0, 0.1) is 6.92 Å². The second kappa shape index (κ2) is 7.08. The maximum atomic E-state index is 11.4. The molecule has 8 heteroatoms. The van der Waals surface area contributed by atoms with Crippen molar-refractivity contribution in [3.8, 4) is 17.1 Å². The van der Waals surface area contributed by atoms with Crippen molar-refractivity contribution in [3.63, 3.8) is 0 Å². The van der Waals surface area contributed by atoms with Gasteiger partial charge >= 0.3 is 5.97 Å². The van der Waals surface area contributed by atoms with Crippen molar-refractivity contribution in [2.45, 2.75) is 6.92 Å². The van der Waals surface area contributed by atoms with Crippen molar-refractivity contribution >= 4 is 22.7 Å². The molecule has 128 valence electrons. The highest BCUT2D eigenvalue weighted by atomic mass is 16.5. The molecule has 1 aromatic carbocycles. The van der Waals surface area contributed by atoms with E-state index >= 15 is 0 Å². The summed E-state index contributed by atoms with van der Waals surface area (Å²) in [5.41, 5.74) is 2.36. The standard InChI is InChI=1S/C17H17N5O3/c1-10-6-18-16(19-7-10)11-4-12-15(13(5-11)24-2)21-9-22-17(12)20-8-14(23)25-3/h4-7,9H,8H2,1-3H3,(H,20,21,22). The number of hydrogen-bond donors (Lipinski definition) is 1. The Bertz CT molecular complexity index is 912. The van der Waals surface area contributed by atoms with Crippen LogP contribution in [0.1, 0.15) is 5.56 Å². The summed E-state index contributed by atoms with van der Waals surface area (Å²) >= 11 is 0. The number of anilines is 1. The van der Waals surface area contributed by atoms with Crippen molar-refractivity contribution in [3.05, 3.63) is 36.4 Å². The van der Waals surface area contributed by atoms with Gasteiger partial charge in [0.1, 0.15) is 30.0 Å². The van der Waals surface area contributed by atoms with Crippen molar-refractivity contribution in [1.29, 1.82) is 0 Å². The lowest BCUT2D eigenvalue weighted by atomic mass is 10.1. The van der Waals surface area contributed by atoms with Crippen molar-refractivity contribution in [2.75, 3.05) is 26.1 Å².